The Morgan fingerprint density at radius 1 is 0.959 bits per heavy atom. The first-order chi connectivity index (χ1) is 22.8. The van der Waals surface area contributed by atoms with Crippen molar-refractivity contribution in [3.8, 4) is 0 Å². The van der Waals surface area contributed by atoms with E-state index in [1.807, 2.05) is 71.0 Å². The topological polar surface area (TPSA) is 112 Å². The number of ether oxygens (including phenoxy) is 3. The number of aliphatic hydroxyl groups is 2. The second-order valence-electron chi connectivity index (χ2n) is 17.4. The molecule has 0 radical (unpaired) electrons. The number of hydrogen-bond acceptors (Lipinski definition) is 8. The number of hydrogen-bond donors (Lipinski definition) is 2. The van der Waals surface area contributed by atoms with Crippen LogP contribution >= 0.6 is 0 Å². The molecule has 2 N–H and O–H groups in total. The number of aliphatic hydroxyl groups excluding tert-OH is 1. The van der Waals surface area contributed by atoms with E-state index in [4.69, 9.17) is 18.6 Å². The van der Waals surface area contributed by atoms with E-state index >= 15 is 0 Å². The van der Waals surface area contributed by atoms with E-state index in [9.17, 15) is 19.8 Å². The summed E-state index contributed by atoms with van der Waals surface area (Å²) >= 11 is 0. The van der Waals surface area contributed by atoms with Crippen molar-refractivity contribution in [2.75, 3.05) is 20.5 Å². The Kier molecular flexibility index (Phi) is 10.3. The molecule has 3 saturated carbocycles. The molecule has 3 aliphatic carbocycles. The van der Waals surface area contributed by atoms with Crippen molar-refractivity contribution in [1.29, 1.82) is 0 Å². The number of Topliss-reactive ketones (excluding diaryl/α,β-unsaturated/α-hetero) is 1. The van der Waals surface area contributed by atoms with Crippen molar-refractivity contribution >= 4 is 30.4 Å². The van der Waals surface area contributed by atoms with Gasteiger partial charge in [-0.3, -0.25) is 9.59 Å². The van der Waals surface area contributed by atoms with Gasteiger partial charge in [0.1, 0.15) is 24.6 Å². The van der Waals surface area contributed by atoms with Crippen LogP contribution in [0.25, 0.3) is 0 Å². The minimum absolute atomic E-state index is 0.0807. The highest BCUT2D eigenvalue weighted by molar-refractivity contribution is 6.99. The monoisotopic (exact) mass is 694 g/mol. The van der Waals surface area contributed by atoms with E-state index in [-0.39, 0.29) is 30.3 Å². The third kappa shape index (κ3) is 5.86. The highest BCUT2D eigenvalue weighted by Crippen LogP contribution is 2.70. The third-order valence-corrected chi connectivity index (χ3v) is 17.4. The first kappa shape index (κ1) is 37.8. The molecule has 5 rings (SSSR count). The van der Waals surface area contributed by atoms with Crippen LogP contribution in [0.4, 0.5) is 0 Å². The average molecular weight is 695 g/mol. The largest absolute Gasteiger partial charge is 0.462 e. The lowest BCUT2D eigenvalue weighted by Gasteiger charge is -2.66. The summed E-state index contributed by atoms with van der Waals surface area (Å²) in [6, 6.07) is 20.8. The van der Waals surface area contributed by atoms with Gasteiger partial charge in [0.05, 0.1) is 11.5 Å². The molecule has 9 heteroatoms. The van der Waals surface area contributed by atoms with Crippen molar-refractivity contribution in [2.24, 2.45) is 34.0 Å². The number of ketones is 1. The minimum atomic E-state index is -3.05. The molecule has 270 valence electrons. The fourth-order valence-electron chi connectivity index (χ4n) is 9.87. The Bertz CT molecular complexity index is 1440. The Morgan fingerprint density at radius 2 is 1.51 bits per heavy atom. The van der Waals surface area contributed by atoms with Crippen LogP contribution in [0.1, 0.15) is 81.6 Å². The Morgan fingerprint density at radius 3 is 2.00 bits per heavy atom. The maximum Gasteiger partial charge on any atom is 0.311 e. The standard InChI is InChI=1S/C40H58O8Si/c1-26-29(24-47-49(37(5,6)7,27-17-13-11-14-18-27)28-19-15-12-16-20-28)39-22-21-32(46-25-45-10)40(39,44)34(42)33(41)38(8,9)31(39)23-30(26)48-35(43)36(2,3)4/h11-20,26,29-32,34,42,44H,21-25H2,1-10H3/t26-,29-,30-,31-,32+,34+,39-,40+/m0/s1. The zero-order valence-electron chi connectivity index (χ0n) is 31.1. The lowest BCUT2D eigenvalue weighted by Crippen LogP contribution is -2.77. The van der Waals surface area contributed by atoms with E-state index < -0.39 is 66.1 Å². The SMILES string of the molecule is COCO[C@@H]1CC[C@]23[C@@H](CO[Si](c4ccccc4)(c4ccccc4)C(C)(C)C)[C@H](C)[C@@H](OC(=O)C(C)(C)C)C[C@H]2C(C)(C)C(=O)[C@@H](O)[C@]13O. The fourth-order valence-corrected chi connectivity index (χ4v) is 14.5. The molecule has 0 amide bonds. The lowest BCUT2D eigenvalue weighted by atomic mass is 9.40. The molecule has 0 aromatic heterocycles. The van der Waals surface area contributed by atoms with Gasteiger partial charge in [0.15, 0.2) is 5.78 Å². The van der Waals surface area contributed by atoms with Gasteiger partial charge in [0.25, 0.3) is 8.32 Å². The molecule has 2 aromatic rings. The van der Waals surface area contributed by atoms with Crippen LogP contribution in [-0.4, -0.2) is 74.7 Å². The number of rotatable bonds is 9. The summed E-state index contributed by atoms with van der Waals surface area (Å²) in [6.07, 6.45) is -1.70. The van der Waals surface area contributed by atoms with Gasteiger partial charge in [-0.1, -0.05) is 102 Å². The highest BCUT2D eigenvalue weighted by atomic mass is 28.4. The summed E-state index contributed by atoms with van der Waals surface area (Å²) in [6.45, 7) is 18.2. The summed E-state index contributed by atoms with van der Waals surface area (Å²) < 4.78 is 25.3. The molecule has 8 nitrogen and oxygen atoms in total. The highest BCUT2D eigenvalue weighted by Gasteiger charge is 2.78. The summed E-state index contributed by atoms with van der Waals surface area (Å²) in [7, 11) is -1.53. The van der Waals surface area contributed by atoms with Crippen LogP contribution in [0.5, 0.6) is 0 Å². The van der Waals surface area contributed by atoms with Crippen LogP contribution in [0.2, 0.25) is 5.04 Å². The molecule has 49 heavy (non-hydrogen) atoms. The van der Waals surface area contributed by atoms with Gasteiger partial charge in [0, 0.05) is 24.5 Å². The molecular formula is C40H58O8Si. The predicted molar refractivity (Wildman–Crippen MR) is 192 cm³/mol. The fraction of sp³-hybridized carbons (Fsp3) is 0.650. The first-order valence-corrected chi connectivity index (χ1v) is 19.7. The maximum absolute atomic E-state index is 14.1. The van der Waals surface area contributed by atoms with Gasteiger partial charge in [-0.2, -0.15) is 0 Å². The van der Waals surface area contributed by atoms with E-state index in [1.165, 1.54) is 7.11 Å². The zero-order chi connectivity index (χ0) is 36.2. The van der Waals surface area contributed by atoms with Crippen LogP contribution in [-0.2, 0) is 28.2 Å². The van der Waals surface area contributed by atoms with E-state index in [1.54, 1.807) is 0 Å². The summed E-state index contributed by atoms with van der Waals surface area (Å²) in [5, 5.41) is 27.0. The maximum atomic E-state index is 14.1. The molecule has 1 spiro atoms. The van der Waals surface area contributed by atoms with E-state index in [2.05, 4.69) is 52.0 Å². The minimum Gasteiger partial charge on any atom is -0.462 e. The molecular weight excluding hydrogens is 637 g/mol. The van der Waals surface area contributed by atoms with Crippen molar-refractivity contribution in [3.05, 3.63) is 60.7 Å². The van der Waals surface area contributed by atoms with Gasteiger partial charge in [-0.05, 0) is 73.2 Å². The molecule has 0 bridgehead atoms. The molecule has 0 heterocycles. The lowest BCUT2D eigenvalue weighted by molar-refractivity contribution is -0.290. The Balaban J connectivity index is 1.72. The van der Waals surface area contributed by atoms with Crippen LogP contribution in [0.3, 0.4) is 0 Å². The predicted octanol–water partition coefficient (Wildman–Crippen LogP) is 5.26. The van der Waals surface area contributed by atoms with Crippen molar-refractivity contribution in [3.63, 3.8) is 0 Å². The smallest absolute Gasteiger partial charge is 0.311 e. The summed E-state index contributed by atoms with van der Waals surface area (Å²) in [5.41, 5.74) is -4.64. The van der Waals surface area contributed by atoms with Crippen molar-refractivity contribution in [2.45, 2.75) is 111 Å². The third-order valence-electron chi connectivity index (χ3n) is 12.4. The summed E-state index contributed by atoms with van der Waals surface area (Å²) in [5.74, 6) is -1.85. The molecule has 2 aromatic carbocycles. The normalized spacial score (nSPS) is 33.1. The molecule has 0 unspecified atom stereocenters. The van der Waals surface area contributed by atoms with Gasteiger partial charge in [-0.15, -0.1) is 0 Å². The number of methoxy groups -OCH3 is 1. The van der Waals surface area contributed by atoms with Crippen molar-refractivity contribution in [1.82, 2.24) is 0 Å². The van der Waals surface area contributed by atoms with Gasteiger partial charge < -0.3 is 28.8 Å². The van der Waals surface area contributed by atoms with E-state index in [0.29, 0.717) is 19.3 Å². The number of esters is 1. The van der Waals surface area contributed by atoms with Crippen LogP contribution < -0.4 is 10.4 Å². The molecule has 3 fully saturated rings. The average Bonchev–Trinajstić information content (AvgIpc) is 3.34. The molecule has 8 atom stereocenters. The van der Waals surface area contributed by atoms with E-state index in [0.717, 1.165) is 10.4 Å². The summed E-state index contributed by atoms with van der Waals surface area (Å²) in [4.78, 5) is 27.6. The van der Waals surface area contributed by atoms with Crippen LogP contribution in [0.15, 0.2) is 60.7 Å². The second-order valence-corrected chi connectivity index (χ2v) is 21.7. The van der Waals surface area contributed by atoms with Gasteiger partial charge in [0.2, 0.25) is 0 Å². The number of carbonyl (C=O) groups excluding carboxylic acids is 2. The number of benzene rings is 2. The molecule has 0 aliphatic heterocycles. The molecule has 3 aliphatic rings. The zero-order valence-corrected chi connectivity index (χ0v) is 32.1. The van der Waals surface area contributed by atoms with Gasteiger partial charge in [-0.25, -0.2) is 0 Å². The van der Waals surface area contributed by atoms with Crippen molar-refractivity contribution < 1.29 is 38.4 Å². The quantitative estimate of drug-likeness (QED) is 0.208. The van der Waals surface area contributed by atoms with Gasteiger partial charge >= 0.3 is 5.97 Å². The Hall–Kier alpha value is -2.40. The number of carbonyl (C=O) groups is 2. The van der Waals surface area contributed by atoms with Crippen LogP contribution in [0, 0.1) is 34.0 Å². The second kappa shape index (κ2) is 13.3. The first-order valence-electron chi connectivity index (χ1n) is 17.8. The Labute approximate surface area is 294 Å². The molecule has 0 saturated heterocycles.